The van der Waals surface area contributed by atoms with Crippen LogP contribution in [0.3, 0.4) is 0 Å². The standard InChI is InChI=1S/C25H23FN4O2/c1-13(24(31)30-25-28-20-4-2-3-5-21(20)29-25)23-16-11-15(12-17(16)23)32-22-8-9-27-19-7-6-14(26)10-18(19)22/h2-10,13,15-17,23H,11-12H2,1H3,(H2,28,29,30,31)/t13?,15-,16+,17-,23-. The molecule has 32 heavy (non-hydrogen) atoms. The molecule has 0 saturated heterocycles. The number of fused-ring (bicyclic) bond motifs is 3. The molecule has 0 bridgehead atoms. The van der Waals surface area contributed by atoms with Gasteiger partial charge >= 0.3 is 0 Å². The van der Waals surface area contributed by atoms with Crippen molar-refractivity contribution in [1.29, 1.82) is 0 Å². The summed E-state index contributed by atoms with van der Waals surface area (Å²) in [4.78, 5) is 24.7. The maximum Gasteiger partial charge on any atom is 0.229 e. The molecule has 2 aromatic carbocycles. The highest BCUT2D eigenvalue weighted by atomic mass is 19.1. The number of nitrogens with zero attached hydrogens (tertiary/aromatic N) is 2. The van der Waals surface area contributed by atoms with Crippen molar-refractivity contribution in [3.05, 3.63) is 60.5 Å². The van der Waals surface area contributed by atoms with Gasteiger partial charge in [-0.05, 0) is 67.0 Å². The van der Waals surface area contributed by atoms with Crippen LogP contribution in [-0.4, -0.2) is 27.0 Å². The minimum absolute atomic E-state index is 0.00322. The Kier molecular flexibility index (Phi) is 4.38. The van der Waals surface area contributed by atoms with E-state index in [9.17, 15) is 9.18 Å². The Morgan fingerprint density at radius 3 is 2.78 bits per heavy atom. The van der Waals surface area contributed by atoms with Crippen LogP contribution in [0.4, 0.5) is 10.3 Å². The molecular formula is C25H23FN4O2. The van der Waals surface area contributed by atoms with Crippen molar-refractivity contribution in [2.45, 2.75) is 25.9 Å². The monoisotopic (exact) mass is 430 g/mol. The largest absolute Gasteiger partial charge is 0.490 e. The molecule has 5 atom stereocenters. The number of para-hydroxylation sites is 2. The Labute approximate surface area is 184 Å². The summed E-state index contributed by atoms with van der Waals surface area (Å²) in [7, 11) is 0. The second-order valence-electron chi connectivity index (χ2n) is 8.97. The minimum atomic E-state index is -0.297. The van der Waals surface area contributed by atoms with Gasteiger partial charge in [-0.15, -0.1) is 0 Å². The molecule has 0 aliphatic heterocycles. The van der Waals surface area contributed by atoms with Crippen molar-refractivity contribution in [2.75, 3.05) is 5.32 Å². The van der Waals surface area contributed by atoms with Crippen LogP contribution in [0, 0.1) is 29.5 Å². The van der Waals surface area contributed by atoms with Gasteiger partial charge in [-0.1, -0.05) is 19.1 Å². The molecule has 1 amide bonds. The van der Waals surface area contributed by atoms with Gasteiger partial charge in [0, 0.05) is 17.5 Å². The Hall–Kier alpha value is -3.48. The first-order valence-electron chi connectivity index (χ1n) is 11.0. The van der Waals surface area contributed by atoms with Crippen LogP contribution in [-0.2, 0) is 4.79 Å². The van der Waals surface area contributed by atoms with Crippen molar-refractivity contribution in [3.63, 3.8) is 0 Å². The Morgan fingerprint density at radius 1 is 1.16 bits per heavy atom. The molecule has 2 heterocycles. The Balaban J connectivity index is 1.08. The van der Waals surface area contributed by atoms with Gasteiger partial charge in [-0.3, -0.25) is 15.1 Å². The van der Waals surface area contributed by atoms with E-state index in [-0.39, 0.29) is 23.7 Å². The lowest BCUT2D eigenvalue weighted by molar-refractivity contribution is -0.120. The quantitative estimate of drug-likeness (QED) is 0.471. The van der Waals surface area contributed by atoms with Crippen molar-refractivity contribution in [2.24, 2.45) is 23.7 Å². The SMILES string of the molecule is CC(C(=O)Nc1nc2ccccc2[nH]1)[C@H]1[C@@H]2C[C@H](Oc3ccnc4ccc(F)cc34)C[C@@H]21. The van der Waals surface area contributed by atoms with Crippen LogP contribution >= 0.6 is 0 Å². The van der Waals surface area contributed by atoms with Gasteiger partial charge in [0.15, 0.2) is 0 Å². The van der Waals surface area contributed by atoms with Crippen molar-refractivity contribution >= 4 is 33.8 Å². The van der Waals surface area contributed by atoms with Crippen LogP contribution in [0.5, 0.6) is 5.75 Å². The smallest absolute Gasteiger partial charge is 0.229 e. The number of pyridine rings is 1. The second-order valence-corrected chi connectivity index (χ2v) is 8.97. The number of amides is 1. The molecule has 2 aliphatic carbocycles. The normalized spacial score (nSPS) is 24.9. The number of halogens is 1. The van der Waals surface area contributed by atoms with Gasteiger partial charge in [0.25, 0.3) is 0 Å². The van der Waals surface area contributed by atoms with E-state index in [4.69, 9.17) is 4.74 Å². The first-order chi connectivity index (χ1) is 15.6. The van der Waals surface area contributed by atoms with Crippen molar-refractivity contribution in [1.82, 2.24) is 15.0 Å². The number of aromatic amines is 1. The predicted molar refractivity (Wildman–Crippen MR) is 120 cm³/mol. The molecule has 0 radical (unpaired) electrons. The molecule has 2 fully saturated rings. The highest BCUT2D eigenvalue weighted by molar-refractivity contribution is 5.93. The number of hydrogen-bond donors (Lipinski definition) is 2. The van der Waals surface area contributed by atoms with Gasteiger partial charge in [0.05, 0.1) is 22.7 Å². The van der Waals surface area contributed by atoms with Gasteiger partial charge in [0.1, 0.15) is 11.6 Å². The van der Waals surface area contributed by atoms with Gasteiger partial charge < -0.3 is 9.72 Å². The highest BCUT2D eigenvalue weighted by Gasteiger charge is 2.59. The number of hydrogen-bond acceptors (Lipinski definition) is 4. The zero-order valence-corrected chi connectivity index (χ0v) is 17.6. The molecule has 1 unspecified atom stereocenters. The third kappa shape index (κ3) is 3.28. The third-order valence-electron chi connectivity index (χ3n) is 7.05. The van der Waals surface area contributed by atoms with E-state index in [1.54, 1.807) is 18.3 Å². The van der Waals surface area contributed by atoms with E-state index in [0.717, 1.165) is 29.4 Å². The van der Waals surface area contributed by atoms with E-state index in [0.29, 0.717) is 34.8 Å². The number of imidazole rings is 1. The van der Waals surface area contributed by atoms with Gasteiger partial charge in [-0.25, -0.2) is 9.37 Å². The maximum atomic E-state index is 13.7. The van der Waals surface area contributed by atoms with Crippen molar-refractivity contribution < 1.29 is 13.9 Å². The van der Waals surface area contributed by atoms with E-state index in [1.165, 1.54) is 12.1 Å². The second kappa shape index (κ2) is 7.29. The number of aromatic nitrogens is 3. The van der Waals surface area contributed by atoms with E-state index < -0.39 is 0 Å². The van der Waals surface area contributed by atoms with Crippen LogP contribution < -0.4 is 10.1 Å². The zero-order chi connectivity index (χ0) is 21.8. The number of nitrogens with one attached hydrogen (secondary N) is 2. The lowest BCUT2D eigenvalue weighted by atomic mass is 9.97. The minimum Gasteiger partial charge on any atom is -0.490 e. The summed E-state index contributed by atoms with van der Waals surface area (Å²) in [5.41, 5.74) is 2.46. The highest BCUT2D eigenvalue weighted by Crippen LogP contribution is 2.61. The fourth-order valence-electron chi connectivity index (χ4n) is 5.47. The summed E-state index contributed by atoms with van der Waals surface area (Å²) in [5.74, 6) is 2.12. The molecule has 4 aromatic rings. The average Bonchev–Trinajstić information content (AvgIpc) is 3.10. The zero-order valence-electron chi connectivity index (χ0n) is 17.6. The third-order valence-corrected chi connectivity index (χ3v) is 7.05. The van der Waals surface area contributed by atoms with Crippen LogP contribution in [0.25, 0.3) is 21.9 Å². The summed E-state index contributed by atoms with van der Waals surface area (Å²) in [6.07, 6.45) is 3.60. The molecule has 2 saturated carbocycles. The maximum absolute atomic E-state index is 13.7. The number of carbonyl (C=O) groups excluding carboxylic acids is 1. The summed E-state index contributed by atoms with van der Waals surface area (Å²) in [6, 6.07) is 14.1. The topological polar surface area (TPSA) is 79.9 Å². The molecule has 162 valence electrons. The Morgan fingerprint density at radius 2 is 1.97 bits per heavy atom. The van der Waals surface area contributed by atoms with Crippen LogP contribution in [0.2, 0.25) is 0 Å². The number of carbonyl (C=O) groups is 1. The summed E-state index contributed by atoms with van der Waals surface area (Å²) in [5, 5.41) is 3.64. The molecule has 7 heteroatoms. The van der Waals surface area contributed by atoms with Crippen molar-refractivity contribution in [3.8, 4) is 5.75 Å². The summed E-state index contributed by atoms with van der Waals surface area (Å²) in [6.45, 7) is 2.00. The lowest BCUT2D eigenvalue weighted by Crippen LogP contribution is -2.26. The first-order valence-corrected chi connectivity index (χ1v) is 11.0. The van der Waals surface area contributed by atoms with Crippen LogP contribution in [0.1, 0.15) is 19.8 Å². The number of H-pyrrole nitrogens is 1. The lowest BCUT2D eigenvalue weighted by Gasteiger charge is -2.20. The number of ether oxygens (including phenoxy) is 1. The fourth-order valence-corrected chi connectivity index (χ4v) is 5.47. The first kappa shape index (κ1) is 19.2. The molecular weight excluding hydrogens is 407 g/mol. The average molecular weight is 430 g/mol. The molecule has 2 aromatic heterocycles. The molecule has 6 rings (SSSR count). The van der Waals surface area contributed by atoms with E-state index in [2.05, 4.69) is 20.3 Å². The summed E-state index contributed by atoms with van der Waals surface area (Å²) < 4.78 is 19.9. The Bertz CT molecular complexity index is 1290. The molecule has 2 N–H and O–H groups in total. The number of benzene rings is 2. The van der Waals surface area contributed by atoms with Crippen LogP contribution in [0.15, 0.2) is 54.7 Å². The predicted octanol–water partition coefficient (Wildman–Crippen LogP) is 4.93. The van der Waals surface area contributed by atoms with E-state index in [1.807, 2.05) is 31.2 Å². The van der Waals surface area contributed by atoms with Gasteiger partial charge in [-0.2, -0.15) is 0 Å². The molecule has 2 aliphatic rings. The molecule has 6 nitrogen and oxygen atoms in total. The number of anilines is 1. The number of rotatable bonds is 5. The van der Waals surface area contributed by atoms with Gasteiger partial charge in [0.2, 0.25) is 11.9 Å². The fraction of sp³-hybridized carbons (Fsp3) is 0.320. The molecule has 0 spiro atoms. The van der Waals surface area contributed by atoms with E-state index >= 15 is 0 Å². The summed E-state index contributed by atoms with van der Waals surface area (Å²) >= 11 is 0.